The molecule has 0 saturated heterocycles. The minimum atomic E-state index is -0.562. The van der Waals surface area contributed by atoms with Crippen LogP contribution in [0, 0.1) is 5.82 Å². The molecule has 30 heavy (non-hydrogen) atoms. The summed E-state index contributed by atoms with van der Waals surface area (Å²) >= 11 is 0. The minimum absolute atomic E-state index is 0. The Morgan fingerprint density at radius 1 is 1.23 bits per heavy atom. The van der Waals surface area contributed by atoms with Gasteiger partial charge in [-0.05, 0) is 37.1 Å². The summed E-state index contributed by atoms with van der Waals surface area (Å²) in [4.78, 5) is 19.3. The largest absolute Gasteiger partial charge is 1.00 e. The first-order chi connectivity index (χ1) is 14.1. The highest BCUT2D eigenvalue weighted by Crippen LogP contribution is 2.31. The second-order valence-electron chi connectivity index (χ2n) is 7.35. The summed E-state index contributed by atoms with van der Waals surface area (Å²) in [5, 5.41) is 15.0. The van der Waals surface area contributed by atoms with Crippen LogP contribution in [0.1, 0.15) is 25.7 Å². The zero-order valence-electron chi connectivity index (χ0n) is 16.3. The van der Waals surface area contributed by atoms with Crippen molar-refractivity contribution in [3.8, 4) is 11.5 Å². The zero-order valence-corrected chi connectivity index (χ0v) is 17.0. The summed E-state index contributed by atoms with van der Waals surface area (Å²) < 4.78 is 20.2. The third kappa shape index (κ3) is 5.27. The van der Waals surface area contributed by atoms with Crippen LogP contribution < -0.4 is 27.8 Å². The number of ether oxygens (including phenoxy) is 1. The van der Waals surface area contributed by atoms with E-state index < -0.39 is 5.82 Å². The SMILES string of the molecule is O=C(C[NH2+]C1CCC(O)CC1)Nc1ccc(Oc2ccnc3[nH]ccc23)c(F)c1.[Cl-]. The number of pyridine rings is 1. The molecule has 9 heteroatoms. The Labute approximate surface area is 179 Å². The molecule has 4 rings (SSSR count). The molecule has 2 heterocycles. The molecule has 3 aromatic rings. The van der Waals surface area contributed by atoms with E-state index >= 15 is 0 Å². The number of hydrogen-bond donors (Lipinski definition) is 4. The number of aliphatic hydroxyl groups is 1. The van der Waals surface area contributed by atoms with Crippen molar-refractivity contribution in [2.75, 3.05) is 11.9 Å². The van der Waals surface area contributed by atoms with Gasteiger partial charge >= 0.3 is 0 Å². The highest BCUT2D eigenvalue weighted by molar-refractivity contribution is 5.91. The number of fused-ring (bicyclic) bond motifs is 1. The average Bonchev–Trinajstić information content (AvgIpc) is 3.19. The Hall–Kier alpha value is -2.68. The Kier molecular flexibility index (Phi) is 7.25. The van der Waals surface area contributed by atoms with Crippen molar-refractivity contribution in [1.82, 2.24) is 9.97 Å². The lowest BCUT2D eigenvalue weighted by Gasteiger charge is -2.23. The third-order valence-electron chi connectivity index (χ3n) is 5.23. The lowest BCUT2D eigenvalue weighted by Crippen LogP contribution is -3.00. The predicted octanol–water partition coefficient (Wildman–Crippen LogP) is -0.696. The quantitative estimate of drug-likeness (QED) is 0.412. The summed E-state index contributed by atoms with van der Waals surface area (Å²) in [7, 11) is 0. The Bertz CT molecular complexity index is 1000. The van der Waals surface area contributed by atoms with Gasteiger partial charge in [0.1, 0.15) is 11.4 Å². The minimum Gasteiger partial charge on any atom is -1.00 e. The van der Waals surface area contributed by atoms with Crippen molar-refractivity contribution in [2.45, 2.75) is 37.8 Å². The summed E-state index contributed by atoms with van der Waals surface area (Å²) in [6.45, 7) is 0.267. The lowest BCUT2D eigenvalue weighted by atomic mass is 9.93. The van der Waals surface area contributed by atoms with Crippen molar-refractivity contribution >= 4 is 22.6 Å². The molecule has 1 aliphatic rings. The molecule has 160 valence electrons. The van der Waals surface area contributed by atoms with Crippen molar-refractivity contribution < 1.29 is 36.8 Å². The number of amides is 1. The number of benzene rings is 1. The summed E-state index contributed by atoms with van der Waals surface area (Å²) in [6, 6.07) is 8.19. The Morgan fingerprint density at radius 2 is 2.03 bits per heavy atom. The number of aliphatic hydroxyl groups excluding tert-OH is 1. The molecule has 5 N–H and O–H groups in total. The fourth-order valence-corrected chi connectivity index (χ4v) is 3.63. The van der Waals surface area contributed by atoms with Gasteiger partial charge in [-0.25, -0.2) is 9.37 Å². The first kappa shape index (κ1) is 22.0. The van der Waals surface area contributed by atoms with Crippen LogP contribution in [-0.2, 0) is 4.79 Å². The Balaban J connectivity index is 0.00000256. The molecule has 0 aliphatic heterocycles. The number of aromatic nitrogens is 2. The highest BCUT2D eigenvalue weighted by atomic mass is 35.5. The van der Waals surface area contributed by atoms with Crippen molar-refractivity contribution in [3.63, 3.8) is 0 Å². The van der Waals surface area contributed by atoms with Gasteiger partial charge in [0.2, 0.25) is 0 Å². The smallest absolute Gasteiger partial charge is 0.279 e. The van der Waals surface area contributed by atoms with E-state index in [1.807, 2.05) is 11.4 Å². The normalized spacial score (nSPS) is 18.6. The van der Waals surface area contributed by atoms with Gasteiger partial charge in [0.15, 0.2) is 18.1 Å². The zero-order chi connectivity index (χ0) is 20.2. The van der Waals surface area contributed by atoms with Crippen molar-refractivity contribution in [2.24, 2.45) is 0 Å². The van der Waals surface area contributed by atoms with Crippen LogP contribution in [0.15, 0.2) is 42.7 Å². The van der Waals surface area contributed by atoms with Gasteiger partial charge in [0, 0.05) is 37.0 Å². The van der Waals surface area contributed by atoms with E-state index in [4.69, 9.17) is 4.74 Å². The second-order valence-corrected chi connectivity index (χ2v) is 7.35. The van der Waals surface area contributed by atoms with Gasteiger partial charge < -0.3 is 37.9 Å². The first-order valence-corrected chi connectivity index (χ1v) is 9.79. The number of anilines is 1. The predicted molar refractivity (Wildman–Crippen MR) is 106 cm³/mol. The van der Waals surface area contributed by atoms with Crippen LogP contribution in [0.2, 0.25) is 0 Å². The molecular formula is C21H24ClFN4O3. The van der Waals surface area contributed by atoms with E-state index in [-0.39, 0.29) is 36.7 Å². The topological polar surface area (TPSA) is 104 Å². The molecule has 0 bridgehead atoms. The molecule has 1 aromatic carbocycles. The number of H-pyrrole nitrogens is 1. The van der Waals surface area contributed by atoms with Gasteiger partial charge in [0.25, 0.3) is 5.91 Å². The maximum absolute atomic E-state index is 14.5. The standard InChI is InChI=1S/C21H23FN4O3.ClH/c22-17-11-14(26-20(28)12-25-13-1-4-15(27)5-2-13)3-6-19(17)29-18-8-10-24-21-16(18)7-9-23-21;/h3,6-11,13,15,25,27H,1-2,4-5,12H2,(H,23,24)(H,26,28);1H. The second kappa shape index (κ2) is 9.88. The molecule has 2 aromatic heterocycles. The lowest BCUT2D eigenvalue weighted by molar-refractivity contribution is -0.681. The van der Waals surface area contributed by atoms with Crippen molar-refractivity contribution in [1.29, 1.82) is 0 Å². The third-order valence-corrected chi connectivity index (χ3v) is 5.23. The molecule has 1 aliphatic carbocycles. The number of nitrogens with zero attached hydrogens (tertiary/aromatic N) is 1. The van der Waals surface area contributed by atoms with E-state index in [0.29, 0.717) is 23.1 Å². The summed E-state index contributed by atoms with van der Waals surface area (Å²) in [5.41, 5.74) is 1.05. The summed E-state index contributed by atoms with van der Waals surface area (Å²) in [5.74, 6) is -0.177. The van der Waals surface area contributed by atoms with Crippen LogP contribution in [-0.4, -0.2) is 39.7 Å². The molecule has 1 saturated carbocycles. The molecule has 0 unspecified atom stereocenters. The van der Waals surface area contributed by atoms with Gasteiger partial charge in [0.05, 0.1) is 17.5 Å². The number of hydrogen-bond acceptors (Lipinski definition) is 4. The van der Waals surface area contributed by atoms with Crippen molar-refractivity contribution in [3.05, 3.63) is 48.5 Å². The van der Waals surface area contributed by atoms with Gasteiger partial charge in [-0.3, -0.25) is 4.79 Å². The van der Waals surface area contributed by atoms with Gasteiger partial charge in [-0.2, -0.15) is 0 Å². The fraction of sp³-hybridized carbons (Fsp3) is 0.333. The van der Waals surface area contributed by atoms with Gasteiger partial charge in [-0.1, -0.05) is 0 Å². The molecular weight excluding hydrogens is 411 g/mol. The van der Waals surface area contributed by atoms with E-state index in [0.717, 1.165) is 31.1 Å². The number of nitrogens with one attached hydrogen (secondary N) is 2. The molecule has 1 fully saturated rings. The number of quaternary nitrogens is 1. The number of carbonyl (C=O) groups is 1. The molecule has 0 radical (unpaired) electrons. The van der Waals surface area contributed by atoms with Crippen LogP contribution in [0.3, 0.4) is 0 Å². The van der Waals surface area contributed by atoms with E-state index in [1.54, 1.807) is 24.5 Å². The average molecular weight is 435 g/mol. The number of nitrogens with two attached hydrogens (primary N) is 1. The van der Waals surface area contributed by atoms with Crippen LogP contribution in [0.25, 0.3) is 11.0 Å². The summed E-state index contributed by atoms with van der Waals surface area (Å²) in [6.07, 6.45) is 6.48. The number of rotatable bonds is 6. The monoisotopic (exact) mass is 434 g/mol. The van der Waals surface area contributed by atoms with E-state index in [2.05, 4.69) is 15.3 Å². The molecule has 1 amide bonds. The Morgan fingerprint density at radius 3 is 2.80 bits per heavy atom. The maximum Gasteiger partial charge on any atom is 0.279 e. The number of aromatic amines is 1. The molecule has 7 nitrogen and oxygen atoms in total. The highest BCUT2D eigenvalue weighted by Gasteiger charge is 2.22. The molecule has 0 atom stereocenters. The fourth-order valence-electron chi connectivity index (χ4n) is 3.63. The van der Waals surface area contributed by atoms with Crippen LogP contribution >= 0.6 is 0 Å². The first-order valence-electron chi connectivity index (χ1n) is 9.79. The number of carbonyl (C=O) groups excluding carboxylic acids is 1. The van der Waals surface area contributed by atoms with E-state index in [1.165, 1.54) is 12.1 Å². The van der Waals surface area contributed by atoms with Gasteiger partial charge in [-0.15, -0.1) is 0 Å². The van der Waals surface area contributed by atoms with E-state index in [9.17, 15) is 14.3 Å². The molecule has 0 spiro atoms. The number of halogens is 2. The maximum atomic E-state index is 14.5. The van der Waals surface area contributed by atoms with Crippen LogP contribution in [0.5, 0.6) is 11.5 Å². The van der Waals surface area contributed by atoms with Crippen LogP contribution in [0.4, 0.5) is 10.1 Å².